The number of hydrogen-bond acceptors (Lipinski definition) is 32. The van der Waals surface area contributed by atoms with Crippen LogP contribution in [0.25, 0.3) is 0 Å². The molecule has 20 amide bonds. The average Bonchev–Trinajstić information content (AvgIpc) is 1.66. The monoisotopic (exact) mass is 2150 g/mol. The van der Waals surface area contributed by atoms with E-state index in [1.165, 1.54) is 33.3 Å². The quantitative estimate of drug-likeness (QED) is 0.0213. The van der Waals surface area contributed by atoms with E-state index in [4.69, 9.17) is 22.9 Å². The van der Waals surface area contributed by atoms with E-state index in [1.807, 2.05) is 0 Å². The maximum Gasteiger partial charge on any atom is 0.326 e. The Hall–Kier alpha value is -13.9. The minimum atomic E-state index is -1.99. The highest BCUT2D eigenvalue weighted by atomic mass is 32.1. The molecule has 2 heterocycles. The number of carboxylic acid groups (broad SMARTS) is 5. The van der Waals surface area contributed by atoms with E-state index in [9.17, 15) is 156 Å². The molecule has 150 heavy (non-hydrogen) atoms. The molecule has 57 nitrogen and oxygen atoms in total. The molecule has 844 valence electrons. The van der Waals surface area contributed by atoms with Crippen LogP contribution in [0.5, 0.6) is 0 Å². The molecule has 1 aliphatic heterocycles. The van der Waals surface area contributed by atoms with Gasteiger partial charge in [0.05, 0.1) is 56.6 Å². The van der Waals surface area contributed by atoms with Gasteiger partial charge in [0.15, 0.2) is 0 Å². The topological polar surface area (TPSA) is 921 Å². The van der Waals surface area contributed by atoms with Crippen molar-refractivity contribution >= 4 is 161 Å². The van der Waals surface area contributed by atoms with Crippen molar-refractivity contribution in [2.75, 3.05) is 38.5 Å². The van der Waals surface area contributed by atoms with Crippen molar-refractivity contribution in [3.63, 3.8) is 0 Å². The minimum absolute atomic E-state index is 0.0190. The fourth-order valence-corrected chi connectivity index (χ4v) is 15.4. The number of nitrogens with zero attached hydrogens (tertiary/aromatic N) is 2. The number of hydrogen-bond donors (Lipinski definition) is 31. The Labute approximate surface area is 871 Å². The van der Waals surface area contributed by atoms with E-state index in [2.05, 4.69) is 118 Å². The van der Waals surface area contributed by atoms with Crippen LogP contribution in [0.2, 0.25) is 0 Å². The molecular weight excluding hydrogens is 2000 g/mol. The number of imidazole rings is 1. The molecule has 1 aromatic rings. The third-order valence-corrected chi connectivity index (χ3v) is 24.0. The van der Waals surface area contributed by atoms with E-state index >= 15 is 0 Å². The summed E-state index contributed by atoms with van der Waals surface area (Å²) in [4.78, 5) is 346. The van der Waals surface area contributed by atoms with Crippen LogP contribution < -0.4 is 119 Å². The second-order valence-corrected chi connectivity index (χ2v) is 38.6. The van der Waals surface area contributed by atoms with Gasteiger partial charge in [-0.1, -0.05) is 75.7 Å². The fraction of sp³-hybridized carbons (Fsp3) is 0.696. The number of carbonyl (C=O) groups excluding carboxylic acids is 20. The summed E-state index contributed by atoms with van der Waals surface area (Å²) in [6.45, 7) is 17.3. The lowest BCUT2D eigenvalue weighted by Gasteiger charge is -2.31. The summed E-state index contributed by atoms with van der Waals surface area (Å²) in [6.07, 6.45) is -4.04. The predicted molar refractivity (Wildman–Crippen MR) is 533 cm³/mol. The van der Waals surface area contributed by atoms with Crippen LogP contribution in [0, 0.1) is 29.6 Å². The Morgan fingerprint density at radius 3 is 1.25 bits per heavy atom. The van der Waals surface area contributed by atoms with E-state index in [1.54, 1.807) is 48.5 Å². The van der Waals surface area contributed by atoms with Crippen molar-refractivity contribution in [2.45, 2.75) is 339 Å². The second kappa shape index (κ2) is 67.2. The van der Waals surface area contributed by atoms with Crippen LogP contribution in [0.3, 0.4) is 0 Å². The number of aromatic amines is 1. The lowest BCUT2D eigenvalue weighted by Crippen LogP contribution is -2.62. The number of aromatic nitrogens is 2. The Morgan fingerprint density at radius 1 is 0.427 bits per heavy atom. The van der Waals surface area contributed by atoms with Gasteiger partial charge >= 0.3 is 29.8 Å². The Bertz CT molecular complexity index is 4780. The van der Waals surface area contributed by atoms with Crippen molar-refractivity contribution in [3.05, 3.63) is 18.2 Å². The number of H-pyrrole nitrogens is 1. The highest BCUT2D eigenvalue weighted by molar-refractivity contribution is 7.80. The summed E-state index contributed by atoms with van der Waals surface area (Å²) >= 11 is 4.15. The van der Waals surface area contributed by atoms with E-state index in [0.717, 1.165) is 25.7 Å². The van der Waals surface area contributed by atoms with E-state index in [-0.39, 0.29) is 95.5 Å². The molecule has 1 aliphatic rings. The first-order valence-electron chi connectivity index (χ1n) is 49.4. The van der Waals surface area contributed by atoms with E-state index < -0.39 is 351 Å². The maximum absolute atomic E-state index is 14.8. The molecule has 1 aromatic heterocycles. The molecule has 2 rings (SSSR count). The first-order valence-corrected chi connectivity index (χ1v) is 50.0. The van der Waals surface area contributed by atoms with Crippen LogP contribution in [0.4, 0.5) is 0 Å². The summed E-state index contributed by atoms with van der Waals surface area (Å²) in [5.74, 6) is -32.9. The Morgan fingerprint density at radius 2 is 0.813 bits per heavy atom. The zero-order chi connectivity index (χ0) is 114. The predicted octanol–water partition coefficient (Wildman–Crippen LogP) is -9.29. The van der Waals surface area contributed by atoms with Gasteiger partial charge in [-0.2, -0.15) is 12.6 Å². The number of amides is 20. The van der Waals surface area contributed by atoms with Gasteiger partial charge in [-0.15, -0.1) is 0 Å². The lowest BCUT2D eigenvalue weighted by molar-refractivity contribution is -0.143. The van der Waals surface area contributed by atoms with Gasteiger partial charge in [0.2, 0.25) is 118 Å². The van der Waals surface area contributed by atoms with Crippen molar-refractivity contribution in [1.82, 2.24) is 111 Å². The number of likely N-dealkylation sites (tertiary alicyclic amines) is 1. The van der Waals surface area contributed by atoms with Crippen molar-refractivity contribution in [3.8, 4) is 0 Å². The molecule has 0 spiro atoms. The number of carbonyl (C=O) groups is 25. The maximum atomic E-state index is 14.8. The third-order valence-electron chi connectivity index (χ3n) is 23.6. The van der Waals surface area contributed by atoms with Crippen LogP contribution in [0.15, 0.2) is 12.5 Å². The molecular formula is C92H153N25O32S. The number of primary amides is 1. The smallest absolute Gasteiger partial charge is 0.326 e. The number of thiol groups is 1. The number of carboxylic acids is 5. The zero-order valence-electron chi connectivity index (χ0n) is 86.5. The summed E-state index contributed by atoms with van der Waals surface area (Å²) < 4.78 is 0. The summed E-state index contributed by atoms with van der Waals surface area (Å²) in [7, 11) is 0. The zero-order valence-corrected chi connectivity index (χ0v) is 87.4. The summed E-state index contributed by atoms with van der Waals surface area (Å²) in [6, 6.07) is -31.3. The third kappa shape index (κ3) is 48.2. The Kier molecular flexibility index (Phi) is 59.2. The van der Waals surface area contributed by atoms with Gasteiger partial charge in [-0.3, -0.25) is 115 Å². The fourth-order valence-electron chi connectivity index (χ4n) is 15.2. The number of rotatable bonds is 72. The molecule has 1 fully saturated rings. The van der Waals surface area contributed by atoms with Crippen LogP contribution in [-0.4, -0.2) is 358 Å². The first kappa shape index (κ1) is 132. The van der Waals surface area contributed by atoms with Gasteiger partial charge < -0.3 is 164 Å². The standard InChI is InChI=1S/C92H153N25O32S/c1-14-46(10)72(90(146)105-55(92(148)149)21-16-18-28-94)115-84(140)61(36-70(128)129)106-75(131)48(12)101-85(141)62(39-118)112-78(134)52(23-25-67(122)123)102-74(130)47(11)100-66(121)38-98-88(144)73(49(13)119)116-82(138)58(32-44(6)7)108-80(136)57(31-43(4)5)111-89(145)71(45(8)9)114-83(139)59(34-65(96)120)109-77(133)53(24-26-68(124)125)103-87(143)64-22-19-29-117(64)91(147)54(20-15-17-27-93)104-79(135)56(30-42(2)3)107-81(137)60(35-69(126)127)110-86(142)63(40-150)113-76(132)51(95)33-50-37-97-41-99-50/h37,41-49,51-64,71-73,118-119,150H,14-36,38-40,93-95H2,1-13H3,(H2,96,120)(H,97,99)(H,98,144)(H,100,121)(H,101,141)(H,102,130)(H,103,143)(H,104,135)(H,105,146)(H,106,131)(H,107,137)(H,108,136)(H,109,133)(H,110,142)(H,111,145)(H,112,134)(H,113,132)(H,114,139)(H,115,140)(H,116,138)(H,122,123)(H,124,125)(H,126,127)(H,128,129)(H,148,149)/t46-,47-,48-,49+,51-,52-,53-,54-,55-,56-,57-,58-,59-,60-,61-,62-,63-,64-,71-,72-,73-/m0/s1. The van der Waals surface area contributed by atoms with Gasteiger partial charge in [0.1, 0.15) is 109 Å². The molecule has 0 unspecified atom stereocenters. The molecule has 21 atom stereocenters. The minimum Gasteiger partial charge on any atom is -0.481 e. The van der Waals surface area contributed by atoms with Crippen LogP contribution in [0.1, 0.15) is 218 Å². The number of nitrogens with two attached hydrogens (primary N) is 4. The molecule has 0 saturated carbocycles. The van der Waals surface area contributed by atoms with Crippen molar-refractivity contribution < 1.29 is 156 Å². The molecule has 58 heteroatoms. The second-order valence-electron chi connectivity index (χ2n) is 38.3. The molecule has 1 saturated heterocycles. The van der Waals surface area contributed by atoms with Crippen molar-refractivity contribution in [2.24, 2.45) is 52.5 Å². The number of nitrogens with one attached hydrogen (secondary N) is 19. The number of unbranched alkanes of at least 4 members (excludes halogenated alkanes) is 2. The first-order chi connectivity index (χ1) is 70.2. The van der Waals surface area contributed by atoms with Gasteiger partial charge in [-0.25, -0.2) is 9.78 Å². The number of aliphatic carboxylic acids is 5. The molecule has 0 radical (unpaired) electrons. The average molecular weight is 2150 g/mol. The van der Waals surface area contributed by atoms with Crippen molar-refractivity contribution in [1.29, 1.82) is 0 Å². The van der Waals surface area contributed by atoms with Gasteiger partial charge in [0.25, 0.3) is 0 Å². The number of aliphatic hydroxyl groups excluding tert-OH is 2. The highest BCUT2D eigenvalue weighted by Gasteiger charge is 2.44. The lowest BCUT2D eigenvalue weighted by atomic mass is 9.97. The molecule has 0 bridgehead atoms. The highest BCUT2D eigenvalue weighted by Crippen LogP contribution is 2.23. The number of aliphatic hydroxyl groups is 2. The van der Waals surface area contributed by atoms with Gasteiger partial charge in [0, 0.05) is 37.8 Å². The summed E-state index contributed by atoms with van der Waals surface area (Å²) in [5.41, 5.74) is 23.4. The normalized spacial score (nSPS) is 16.3. The molecule has 34 N–H and O–H groups in total. The SMILES string of the molecule is CC[C@H](C)[C@H](NC(=O)[C@H](CC(=O)O)NC(=O)[C@H](C)NC(=O)[C@H](CO)NC(=O)[C@H](CCC(=O)O)NC(=O)[C@H](C)NC(=O)CNC(=O)[C@@H](NC(=O)[C@H](CC(C)C)NC(=O)[C@H](CC(C)C)NC(=O)[C@@H](NC(=O)[C@H](CC(N)=O)NC(=O)[C@H](CCC(=O)O)NC(=O)[C@@H]1CCCN1C(=O)[C@H](CCCCN)NC(=O)[C@H](CC(C)C)NC(=O)[C@H](CC(=O)O)NC(=O)[C@H](CS)NC(=O)[C@@H](N)Cc1c[nH]cn1)C(C)C)[C@@H](C)O)C(=O)N[C@@H](CCCCN)C(=O)O. The Balaban J connectivity index is 2.34. The van der Waals surface area contributed by atoms with E-state index in [0.29, 0.717) is 25.0 Å². The summed E-state index contributed by atoms with van der Waals surface area (Å²) in [5, 5.41) is 112. The largest absolute Gasteiger partial charge is 0.481 e. The molecule has 0 aliphatic carbocycles. The van der Waals surface area contributed by atoms with Crippen LogP contribution in [-0.2, 0) is 126 Å². The molecule has 0 aromatic carbocycles. The van der Waals surface area contributed by atoms with Gasteiger partial charge in [-0.05, 0) is 147 Å². The van der Waals surface area contributed by atoms with Crippen LogP contribution >= 0.6 is 12.6 Å².